The number of nitrogens with zero attached hydrogens (tertiary/aromatic N) is 5. The number of aryl methyl sites for hydroxylation is 1. The number of fused-ring (bicyclic) bond motifs is 1. The van der Waals surface area contributed by atoms with Crippen molar-refractivity contribution in [1.82, 2.24) is 19.5 Å². The molecule has 4 aromatic rings. The first-order valence-corrected chi connectivity index (χ1v) is 12.5. The normalized spacial score (nSPS) is 15.3. The Morgan fingerprint density at radius 3 is 2.44 bits per heavy atom. The van der Waals surface area contributed by atoms with Crippen LogP contribution >= 0.6 is 11.3 Å². The van der Waals surface area contributed by atoms with Crippen molar-refractivity contribution < 1.29 is 4.39 Å². The lowest BCUT2D eigenvalue weighted by Crippen LogP contribution is -2.46. The molecular formula is C26H31FN6S. The minimum absolute atomic E-state index is 0.121. The maximum Gasteiger partial charge on any atom is 0.216 e. The third-order valence-corrected chi connectivity index (χ3v) is 6.91. The summed E-state index contributed by atoms with van der Waals surface area (Å²) in [6.07, 6.45) is 0. The molecule has 0 unspecified atom stereocenters. The zero-order chi connectivity index (χ0) is 23.9. The summed E-state index contributed by atoms with van der Waals surface area (Å²) in [5.74, 6) is 0.749. The second-order valence-corrected chi connectivity index (χ2v) is 11.0. The number of piperazine rings is 1. The SMILES string of the molecule is Cc1cccc(-c2nc3sc(N4CCN(Cc5ccc(F)cc5)CC4)nn3c2NC(C)(C)C)c1. The van der Waals surface area contributed by atoms with Gasteiger partial charge in [-0.1, -0.05) is 47.2 Å². The van der Waals surface area contributed by atoms with Crippen LogP contribution in [0.5, 0.6) is 0 Å². The molecule has 2 aromatic heterocycles. The quantitative estimate of drug-likeness (QED) is 0.414. The highest BCUT2D eigenvalue weighted by molar-refractivity contribution is 7.20. The van der Waals surface area contributed by atoms with E-state index in [-0.39, 0.29) is 11.4 Å². The molecule has 34 heavy (non-hydrogen) atoms. The standard InChI is InChI=1S/C26H31FN6S/c1-18-6-5-7-20(16-18)22-23(29-26(2,3)4)33-24(28-22)34-25(30-33)32-14-12-31(13-15-32)17-19-8-10-21(27)11-9-19/h5-11,16,29H,12-15,17H2,1-4H3. The van der Waals surface area contributed by atoms with Crippen molar-refractivity contribution >= 4 is 27.2 Å². The molecule has 3 heterocycles. The van der Waals surface area contributed by atoms with Gasteiger partial charge in [0.1, 0.15) is 11.5 Å². The summed E-state index contributed by atoms with van der Waals surface area (Å²) < 4.78 is 15.2. The van der Waals surface area contributed by atoms with Gasteiger partial charge >= 0.3 is 0 Å². The van der Waals surface area contributed by atoms with Crippen LogP contribution in [0.25, 0.3) is 16.2 Å². The molecule has 0 radical (unpaired) electrons. The molecule has 1 aliphatic heterocycles. The molecule has 2 aromatic carbocycles. The molecule has 5 rings (SSSR count). The predicted molar refractivity (Wildman–Crippen MR) is 138 cm³/mol. The van der Waals surface area contributed by atoms with E-state index in [0.29, 0.717) is 0 Å². The van der Waals surface area contributed by atoms with Crippen LogP contribution in [-0.2, 0) is 6.54 Å². The number of halogens is 1. The first kappa shape index (κ1) is 22.8. The van der Waals surface area contributed by atoms with Crippen LogP contribution < -0.4 is 10.2 Å². The second kappa shape index (κ2) is 9.00. The van der Waals surface area contributed by atoms with E-state index < -0.39 is 0 Å². The molecule has 0 amide bonds. The van der Waals surface area contributed by atoms with Crippen molar-refractivity contribution in [2.24, 2.45) is 0 Å². The van der Waals surface area contributed by atoms with Crippen LogP contribution in [0.4, 0.5) is 15.3 Å². The number of aromatic nitrogens is 3. The van der Waals surface area contributed by atoms with Crippen LogP contribution in [0.2, 0.25) is 0 Å². The van der Waals surface area contributed by atoms with E-state index >= 15 is 0 Å². The zero-order valence-electron chi connectivity index (χ0n) is 20.2. The highest BCUT2D eigenvalue weighted by Gasteiger charge is 2.25. The Hall–Kier alpha value is -2.97. The number of anilines is 2. The fraction of sp³-hybridized carbons (Fsp3) is 0.385. The fourth-order valence-electron chi connectivity index (χ4n) is 4.27. The maximum absolute atomic E-state index is 13.2. The van der Waals surface area contributed by atoms with Crippen molar-refractivity contribution in [3.05, 3.63) is 65.5 Å². The van der Waals surface area contributed by atoms with E-state index in [9.17, 15) is 4.39 Å². The lowest BCUT2D eigenvalue weighted by atomic mass is 10.1. The Morgan fingerprint density at radius 2 is 1.76 bits per heavy atom. The largest absolute Gasteiger partial charge is 0.364 e. The minimum atomic E-state index is -0.187. The highest BCUT2D eigenvalue weighted by atomic mass is 32.1. The number of imidazole rings is 1. The van der Waals surface area contributed by atoms with E-state index in [1.165, 1.54) is 17.7 Å². The first-order chi connectivity index (χ1) is 16.2. The molecule has 0 saturated carbocycles. The Labute approximate surface area is 204 Å². The Kier molecular flexibility index (Phi) is 6.04. The van der Waals surface area contributed by atoms with Crippen molar-refractivity contribution in [2.45, 2.75) is 39.8 Å². The van der Waals surface area contributed by atoms with E-state index in [1.807, 2.05) is 16.6 Å². The molecule has 1 saturated heterocycles. The summed E-state index contributed by atoms with van der Waals surface area (Å²) in [5.41, 5.74) is 4.27. The van der Waals surface area contributed by atoms with Gasteiger partial charge in [-0.15, -0.1) is 5.10 Å². The third-order valence-electron chi connectivity index (χ3n) is 5.94. The molecule has 0 atom stereocenters. The summed E-state index contributed by atoms with van der Waals surface area (Å²) in [5, 5.41) is 9.62. The van der Waals surface area contributed by atoms with E-state index in [2.05, 4.69) is 67.1 Å². The van der Waals surface area contributed by atoms with Gasteiger partial charge in [-0.2, -0.15) is 4.52 Å². The van der Waals surface area contributed by atoms with E-state index in [0.717, 1.165) is 65.5 Å². The average molecular weight is 479 g/mol. The van der Waals surface area contributed by atoms with Gasteiger partial charge in [0, 0.05) is 43.8 Å². The van der Waals surface area contributed by atoms with Crippen molar-refractivity contribution in [3.63, 3.8) is 0 Å². The molecule has 8 heteroatoms. The molecule has 0 spiro atoms. The van der Waals surface area contributed by atoms with Crippen molar-refractivity contribution in [2.75, 3.05) is 36.4 Å². The number of benzene rings is 2. The molecule has 6 nitrogen and oxygen atoms in total. The van der Waals surface area contributed by atoms with Gasteiger partial charge in [0.25, 0.3) is 0 Å². The van der Waals surface area contributed by atoms with Crippen LogP contribution in [0.3, 0.4) is 0 Å². The Morgan fingerprint density at radius 1 is 1.03 bits per heavy atom. The Bertz CT molecular complexity index is 1280. The van der Waals surface area contributed by atoms with Crippen molar-refractivity contribution in [1.29, 1.82) is 0 Å². The summed E-state index contributed by atoms with van der Waals surface area (Å²) in [6, 6.07) is 15.3. The molecule has 1 fully saturated rings. The molecule has 0 bridgehead atoms. The van der Waals surface area contributed by atoms with Crippen molar-refractivity contribution in [3.8, 4) is 11.3 Å². The van der Waals surface area contributed by atoms with Gasteiger partial charge in [0.2, 0.25) is 10.1 Å². The number of nitrogens with one attached hydrogen (secondary N) is 1. The molecule has 0 aliphatic carbocycles. The lowest BCUT2D eigenvalue weighted by molar-refractivity contribution is 0.249. The molecule has 1 aliphatic rings. The molecule has 178 valence electrons. The lowest BCUT2D eigenvalue weighted by Gasteiger charge is -2.34. The number of hydrogen-bond acceptors (Lipinski definition) is 6. The number of hydrogen-bond donors (Lipinski definition) is 1. The third kappa shape index (κ3) is 4.93. The fourth-order valence-corrected chi connectivity index (χ4v) is 5.23. The minimum Gasteiger partial charge on any atom is -0.364 e. The summed E-state index contributed by atoms with van der Waals surface area (Å²) in [4.78, 5) is 10.6. The summed E-state index contributed by atoms with van der Waals surface area (Å²) in [6.45, 7) is 13.1. The predicted octanol–water partition coefficient (Wildman–Crippen LogP) is 5.44. The van der Waals surface area contributed by atoms with Gasteiger partial charge in [-0.25, -0.2) is 9.37 Å². The average Bonchev–Trinajstić information content (AvgIpc) is 3.34. The van der Waals surface area contributed by atoms with Crippen LogP contribution in [-0.4, -0.2) is 51.2 Å². The van der Waals surface area contributed by atoms with E-state index in [4.69, 9.17) is 10.1 Å². The van der Waals surface area contributed by atoms with E-state index in [1.54, 1.807) is 11.3 Å². The zero-order valence-corrected chi connectivity index (χ0v) is 21.0. The molecule has 1 N–H and O–H groups in total. The highest BCUT2D eigenvalue weighted by Crippen LogP contribution is 2.35. The summed E-state index contributed by atoms with van der Waals surface area (Å²) >= 11 is 1.64. The van der Waals surface area contributed by atoms with Gasteiger partial charge in [-0.05, 0) is 51.5 Å². The molecular weight excluding hydrogens is 447 g/mol. The van der Waals surface area contributed by atoms with Crippen LogP contribution in [0.15, 0.2) is 48.5 Å². The monoisotopic (exact) mass is 478 g/mol. The summed E-state index contributed by atoms with van der Waals surface area (Å²) in [7, 11) is 0. The van der Waals surface area contributed by atoms with Gasteiger partial charge < -0.3 is 10.2 Å². The van der Waals surface area contributed by atoms with Gasteiger partial charge in [0.05, 0.1) is 0 Å². The second-order valence-electron chi connectivity index (χ2n) is 10.0. The Balaban J connectivity index is 1.36. The van der Waals surface area contributed by atoms with Crippen LogP contribution in [0, 0.1) is 12.7 Å². The van der Waals surface area contributed by atoms with Gasteiger partial charge in [0.15, 0.2) is 5.82 Å². The maximum atomic E-state index is 13.2. The van der Waals surface area contributed by atoms with Crippen LogP contribution in [0.1, 0.15) is 31.9 Å². The smallest absolute Gasteiger partial charge is 0.216 e. The topological polar surface area (TPSA) is 48.7 Å². The van der Waals surface area contributed by atoms with Gasteiger partial charge in [-0.3, -0.25) is 4.90 Å². The first-order valence-electron chi connectivity index (χ1n) is 11.7. The number of rotatable bonds is 5.